The minimum atomic E-state index is -0.348. The maximum Gasteiger partial charge on any atom is 0.407 e. The van der Waals surface area contributed by atoms with Crippen molar-refractivity contribution in [3.8, 4) is 11.8 Å². The number of fused-ring (bicyclic) bond motifs is 1. The predicted octanol–water partition coefficient (Wildman–Crippen LogP) is 2.58. The van der Waals surface area contributed by atoms with Gasteiger partial charge in [-0.1, -0.05) is 15.9 Å². The Morgan fingerprint density at radius 1 is 1.04 bits per heavy atom. The first-order chi connectivity index (χ1) is 11.3. The average Bonchev–Trinajstić information content (AvgIpc) is 3.17. The van der Waals surface area contributed by atoms with Crippen LogP contribution in [0.1, 0.15) is 25.7 Å². The Hall–Kier alpha value is -0.770. The quantitative estimate of drug-likeness (QED) is 0.355. The molecule has 1 N–H and O–H groups in total. The van der Waals surface area contributed by atoms with E-state index < -0.39 is 0 Å². The van der Waals surface area contributed by atoms with Crippen LogP contribution < -0.4 is 5.32 Å². The van der Waals surface area contributed by atoms with Crippen LogP contribution in [0, 0.1) is 29.6 Å². The molecule has 0 aromatic heterocycles. The van der Waals surface area contributed by atoms with Gasteiger partial charge in [-0.15, -0.1) is 11.8 Å². The third kappa shape index (κ3) is 7.11. The van der Waals surface area contributed by atoms with Crippen LogP contribution in [-0.4, -0.2) is 51.0 Å². The lowest BCUT2D eigenvalue weighted by Gasteiger charge is -2.08. The van der Waals surface area contributed by atoms with Gasteiger partial charge < -0.3 is 19.5 Å². The average molecular weight is 388 g/mol. The van der Waals surface area contributed by atoms with Crippen molar-refractivity contribution in [2.45, 2.75) is 25.7 Å². The monoisotopic (exact) mass is 387 g/mol. The van der Waals surface area contributed by atoms with Gasteiger partial charge in [-0.3, -0.25) is 0 Å². The molecule has 0 bridgehead atoms. The maximum atomic E-state index is 11.6. The molecule has 2 unspecified atom stereocenters. The van der Waals surface area contributed by atoms with Crippen molar-refractivity contribution < 1.29 is 19.0 Å². The molecule has 1 fully saturated rings. The van der Waals surface area contributed by atoms with Gasteiger partial charge in [0.05, 0.1) is 33.0 Å². The fourth-order valence-electron chi connectivity index (χ4n) is 3.11. The molecular formula is C17H26BrNO4. The predicted molar refractivity (Wildman–Crippen MR) is 91.5 cm³/mol. The van der Waals surface area contributed by atoms with Crippen LogP contribution in [0.15, 0.2) is 0 Å². The second-order valence-electron chi connectivity index (χ2n) is 5.86. The van der Waals surface area contributed by atoms with Crippen LogP contribution in [0.2, 0.25) is 0 Å². The number of ether oxygens (including phenoxy) is 3. The van der Waals surface area contributed by atoms with Crippen molar-refractivity contribution in [1.82, 2.24) is 5.32 Å². The molecule has 0 heterocycles. The van der Waals surface area contributed by atoms with E-state index >= 15 is 0 Å². The maximum absolute atomic E-state index is 11.6. The van der Waals surface area contributed by atoms with E-state index in [9.17, 15) is 4.79 Å². The Bertz CT molecular complexity index is 403. The molecule has 0 aromatic carbocycles. The topological polar surface area (TPSA) is 56.8 Å². The number of amides is 1. The fraction of sp³-hybridized carbons (Fsp3) is 0.824. The van der Waals surface area contributed by atoms with E-state index in [0.717, 1.165) is 31.0 Å². The molecule has 2 aliphatic rings. The molecule has 5 nitrogen and oxygen atoms in total. The summed E-state index contributed by atoms with van der Waals surface area (Å²) in [6.07, 6.45) is 3.93. The molecule has 130 valence electrons. The van der Waals surface area contributed by atoms with Gasteiger partial charge in [0, 0.05) is 24.7 Å². The number of alkyl halides is 1. The van der Waals surface area contributed by atoms with Crippen LogP contribution >= 0.6 is 15.9 Å². The van der Waals surface area contributed by atoms with Gasteiger partial charge in [-0.05, 0) is 30.6 Å². The Labute approximate surface area is 146 Å². The molecule has 2 atom stereocenters. The number of halogens is 1. The van der Waals surface area contributed by atoms with Gasteiger partial charge in [-0.25, -0.2) is 4.79 Å². The van der Waals surface area contributed by atoms with Crippen molar-refractivity contribution in [2.24, 2.45) is 17.8 Å². The zero-order valence-corrected chi connectivity index (χ0v) is 15.1. The molecule has 1 saturated carbocycles. The molecule has 0 aromatic rings. The molecule has 0 saturated heterocycles. The highest BCUT2D eigenvalue weighted by Crippen LogP contribution is 2.52. The van der Waals surface area contributed by atoms with Gasteiger partial charge in [-0.2, -0.15) is 0 Å². The largest absolute Gasteiger partial charge is 0.449 e. The van der Waals surface area contributed by atoms with Gasteiger partial charge in [0.15, 0.2) is 0 Å². The normalized spacial score (nSPS) is 25.3. The lowest BCUT2D eigenvalue weighted by Crippen LogP contribution is -2.29. The number of hydrogen-bond donors (Lipinski definition) is 1. The van der Waals surface area contributed by atoms with E-state index in [1.165, 1.54) is 0 Å². The first-order valence-corrected chi connectivity index (χ1v) is 9.53. The minimum absolute atomic E-state index is 0.348. The van der Waals surface area contributed by atoms with E-state index in [0.29, 0.717) is 57.3 Å². The van der Waals surface area contributed by atoms with Crippen LogP contribution in [-0.2, 0) is 14.2 Å². The summed E-state index contributed by atoms with van der Waals surface area (Å²) in [5, 5.41) is 3.54. The molecule has 0 spiro atoms. The van der Waals surface area contributed by atoms with Gasteiger partial charge >= 0.3 is 6.09 Å². The summed E-state index contributed by atoms with van der Waals surface area (Å²) >= 11 is 3.28. The van der Waals surface area contributed by atoms with Gasteiger partial charge in [0.25, 0.3) is 0 Å². The van der Waals surface area contributed by atoms with E-state index in [-0.39, 0.29) is 6.09 Å². The summed E-state index contributed by atoms with van der Waals surface area (Å²) in [4.78, 5) is 11.6. The Kier molecular flexibility index (Phi) is 8.80. The molecule has 0 radical (unpaired) electrons. The highest BCUT2D eigenvalue weighted by atomic mass is 79.9. The zero-order valence-electron chi connectivity index (χ0n) is 13.5. The number of hydrogen-bond acceptors (Lipinski definition) is 4. The van der Waals surface area contributed by atoms with Crippen LogP contribution in [0.3, 0.4) is 0 Å². The van der Waals surface area contributed by atoms with E-state index in [2.05, 4.69) is 33.1 Å². The summed E-state index contributed by atoms with van der Waals surface area (Å²) in [7, 11) is 0. The van der Waals surface area contributed by atoms with Crippen LogP contribution in [0.5, 0.6) is 0 Å². The SMILES string of the molecule is O=C(NCCOCCOCCBr)OCC1C2CCC#CCCC21. The Balaban J connectivity index is 1.44. The highest BCUT2D eigenvalue weighted by Gasteiger charge is 2.49. The highest BCUT2D eigenvalue weighted by molar-refractivity contribution is 9.09. The number of nitrogens with one attached hydrogen (secondary N) is 1. The fourth-order valence-corrected chi connectivity index (χ4v) is 3.34. The summed E-state index contributed by atoms with van der Waals surface area (Å²) < 4.78 is 15.9. The van der Waals surface area contributed by atoms with E-state index in [1.54, 1.807) is 0 Å². The van der Waals surface area contributed by atoms with Crippen molar-refractivity contribution in [1.29, 1.82) is 0 Å². The molecule has 0 aliphatic heterocycles. The summed E-state index contributed by atoms with van der Waals surface area (Å²) in [5.74, 6) is 8.33. The number of carbonyl (C=O) groups is 1. The van der Waals surface area contributed by atoms with Crippen LogP contribution in [0.4, 0.5) is 4.79 Å². The minimum Gasteiger partial charge on any atom is -0.449 e. The second-order valence-corrected chi connectivity index (χ2v) is 6.65. The lowest BCUT2D eigenvalue weighted by atomic mass is 10.1. The Morgan fingerprint density at radius 2 is 1.70 bits per heavy atom. The summed E-state index contributed by atoms with van der Waals surface area (Å²) in [6, 6.07) is 0. The smallest absolute Gasteiger partial charge is 0.407 e. The van der Waals surface area contributed by atoms with Crippen molar-refractivity contribution in [2.75, 3.05) is 44.9 Å². The van der Waals surface area contributed by atoms with Gasteiger partial charge in [0.1, 0.15) is 0 Å². The van der Waals surface area contributed by atoms with Crippen molar-refractivity contribution in [3.05, 3.63) is 0 Å². The van der Waals surface area contributed by atoms with E-state index in [1.807, 2.05) is 0 Å². The van der Waals surface area contributed by atoms with E-state index in [4.69, 9.17) is 14.2 Å². The Morgan fingerprint density at radius 3 is 2.35 bits per heavy atom. The third-order valence-corrected chi connectivity index (χ3v) is 4.68. The molecule has 6 heteroatoms. The zero-order chi connectivity index (χ0) is 16.3. The molecule has 1 amide bonds. The first kappa shape index (κ1) is 18.6. The number of carbonyl (C=O) groups excluding carboxylic acids is 1. The number of rotatable bonds is 10. The number of alkyl carbamates (subject to hydrolysis) is 1. The van der Waals surface area contributed by atoms with Crippen molar-refractivity contribution in [3.63, 3.8) is 0 Å². The molecule has 2 rings (SSSR count). The first-order valence-electron chi connectivity index (χ1n) is 8.40. The van der Waals surface area contributed by atoms with Gasteiger partial charge in [0.2, 0.25) is 0 Å². The van der Waals surface area contributed by atoms with Crippen molar-refractivity contribution >= 4 is 22.0 Å². The third-order valence-electron chi connectivity index (χ3n) is 4.36. The molecule has 23 heavy (non-hydrogen) atoms. The lowest BCUT2D eigenvalue weighted by molar-refractivity contribution is 0.0544. The van der Waals surface area contributed by atoms with Crippen LogP contribution in [0.25, 0.3) is 0 Å². The summed E-state index contributed by atoms with van der Waals surface area (Å²) in [6.45, 7) is 3.26. The molecular weight excluding hydrogens is 362 g/mol. The molecule has 2 aliphatic carbocycles. The summed E-state index contributed by atoms with van der Waals surface area (Å²) in [5.41, 5.74) is 0. The standard InChI is InChI=1S/C17H26BrNO4/c18-7-9-21-11-12-22-10-8-19-17(20)23-13-16-14-5-3-1-2-4-6-15(14)16/h14-16H,3-13H2,(H,19,20). The second kappa shape index (κ2) is 10.9.